The topological polar surface area (TPSA) is 98.4 Å². The summed E-state index contributed by atoms with van der Waals surface area (Å²) in [6, 6.07) is 6.19. The van der Waals surface area contributed by atoms with Gasteiger partial charge in [-0.1, -0.05) is 6.07 Å². The number of halogens is 4. The normalized spacial score (nSPS) is 24.0. The van der Waals surface area contributed by atoms with Crippen molar-refractivity contribution in [3.8, 4) is 29.1 Å². The number of alkyl halides is 1. The summed E-state index contributed by atoms with van der Waals surface area (Å²) in [7, 11) is 0. The van der Waals surface area contributed by atoms with Gasteiger partial charge in [-0.05, 0) is 55.8 Å². The van der Waals surface area contributed by atoms with Crippen LogP contribution in [0.5, 0.6) is 11.8 Å². The molecule has 0 bridgehead atoms. The Hall–Kier alpha value is -4.24. The predicted octanol–water partition coefficient (Wildman–Crippen LogP) is 5.42. The molecule has 0 spiro atoms. The maximum Gasteiger partial charge on any atom is 0.319 e. The first kappa shape index (κ1) is 26.6. The molecule has 3 aliphatic heterocycles. The molecule has 0 saturated carbocycles. The summed E-state index contributed by atoms with van der Waals surface area (Å²) in [6.07, 6.45) is 3.69. The molecular weight excluding hydrogens is 552 g/mol. The highest BCUT2D eigenvalue weighted by atomic mass is 19.2. The minimum atomic E-state index is -1.20. The average molecular weight is 579 g/mol. The third-order valence-corrected chi connectivity index (χ3v) is 8.80. The van der Waals surface area contributed by atoms with Crippen molar-refractivity contribution in [1.29, 1.82) is 5.26 Å². The molecule has 0 unspecified atom stereocenters. The van der Waals surface area contributed by atoms with Crippen LogP contribution in [0.25, 0.3) is 32.9 Å². The first-order chi connectivity index (χ1) is 20.3. The Balaban J connectivity index is 1.38. The molecule has 3 saturated heterocycles. The average Bonchev–Trinajstić information content (AvgIpc) is 3.68. The number of nitrogens with zero attached hydrogens (tertiary/aromatic N) is 6. The van der Waals surface area contributed by atoms with Crippen molar-refractivity contribution >= 4 is 27.5 Å². The van der Waals surface area contributed by atoms with E-state index in [1.54, 1.807) is 4.90 Å². The number of benzene rings is 2. The lowest BCUT2D eigenvalue weighted by molar-refractivity contribution is 0.107. The summed E-state index contributed by atoms with van der Waals surface area (Å²) in [5.41, 5.74) is -1.18. The van der Waals surface area contributed by atoms with Crippen LogP contribution in [0.15, 0.2) is 30.5 Å². The first-order valence-electron chi connectivity index (χ1n) is 13.9. The quantitative estimate of drug-likeness (QED) is 0.314. The highest BCUT2D eigenvalue weighted by Gasteiger charge is 2.49. The Morgan fingerprint density at radius 1 is 1.12 bits per heavy atom. The van der Waals surface area contributed by atoms with Gasteiger partial charge < -0.3 is 14.7 Å². The Morgan fingerprint density at radius 2 is 1.98 bits per heavy atom. The zero-order valence-corrected chi connectivity index (χ0v) is 22.5. The van der Waals surface area contributed by atoms with Crippen molar-refractivity contribution in [2.24, 2.45) is 0 Å². The fraction of sp³-hybridized carbons (Fsp3) is 0.400. The van der Waals surface area contributed by atoms with E-state index < -0.39 is 35.2 Å². The lowest BCUT2D eigenvalue weighted by Crippen LogP contribution is -2.43. The zero-order chi connectivity index (χ0) is 29.2. The Morgan fingerprint density at radius 3 is 2.81 bits per heavy atom. The highest BCUT2D eigenvalue weighted by molar-refractivity contribution is 6.00. The van der Waals surface area contributed by atoms with E-state index in [1.807, 2.05) is 0 Å². The van der Waals surface area contributed by atoms with Gasteiger partial charge in [0, 0.05) is 36.7 Å². The molecule has 12 heteroatoms. The van der Waals surface area contributed by atoms with Crippen molar-refractivity contribution in [3.05, 3.63) is 47.9 Å². The molecule has 1 N–H and O–H groups in total. The SMILES string of the molecule is N#C[C@@H]1CCCN1c1nc(OC[C@@]23CCCN2C[C@H](F)C3)nc2c(F)c(-c3cc(O)cc4ccc(F)c(F)c34)ncc12. The molecule has 3 fully saturated rings. The van der Waals surface area contributed by atoms with Crippen molar-refractivity contribution in [3.63, 3.8) is 0 Å². The molecule has 7 rings (SSSR count). The van der Waals surface area contributed by atoms with Gasteiger partial charge in [-0.25, -0.2) is 17.6 Å². The van der Waals surface area contributed by atoms with Gasteiger partial charge in [0.05, 0.1) is 17.0 Å². The third kappa shape index (κ3) is 4.17. The molecule has 8 nitrogen and oxygen atoms in total. The number of phenols is 1. The number of aromatic nitrogens is 3. The highest BCUT2D eigenvalue weighted by Crippen LogP contribution is 2.42. The first-order valence-corrected chi connectivity index (χ1v) is 13.9. The third-order valence-electron chi connectivity index (χ3n) is 8.80. The molecule has 0 amide bonds. The van der Waals surface area contributed by atoms with Crippen LogP contribution < -0.4 is 9.64 Å². The molecular formula is C30H26F4N6O2. The van der Waals surface area contributed by atoms with Gasteiger partial charge in [-0.2, -0.15) is 15.2 Å². The number of pyridine rings is 1. The molecule has 0 aliphatic carbocycles. The summed E-state index contributed by atoms with van der Waals surface area (Å²) < 4.78 is 66.1. The minimum absolute atomic E-state index is 0.112. The lowest BCUT2D eigenvalue weighted by Gasteiger charge is -2.31. The Labute approximate surface area is 238 Å². The Kier molecular flexibility index (Phi) is 6.31. The van der Waals surface area contributed by atoms with Crippen molar-refractivity contribution in [2.75, 3.05) is 31.1 Å². The molecule has 5 heterocycles. The largest absolute Gasteiger partial charge is 0.508 e. The van der Waals surface area contributed by atoms with Crippen molar-refractivity contribution in [2.45, 2.75) is 49.9 Å². The van der Waals surface area contributed by atoms with Gasteiger partial charge in [0.25, 0.3) is 0 Å². The second kappa shape index (κ2) is 9.94. The van der Waals surface area contributed by atoms with E-state index in [1.165, 1.54) is 18.3 Å². The molecule has 216 valence electrons. The molecule has 3 atom stereocenters. The van der Waals surface area contributed by atoms with Gasteiger partial charge in [0.1, 0.15) is 41.6 Å². The molecule has 2 aromatic heterocycles. The second-order valence-corrected chi connectivity index (χ2v) is 11.3. The number of phenolic OH excluding ortho intramolecular Hbond substituents is 1. The maximum absolute atomic E-state index is 16.4. The smallest absolute Gasteiger partial charge is 0.319 e. The monoisotopic (exact) mass is 578 g/mol. The number of aromatic hydroxyl groups is 1. The number of anilines is 1. The van der Waals surface area contributed by atoms with E-state index in [-0.39, 0.29) is 57.1 Å². The summed E-state index contributed by atoms with van der Waals surface area (Å²) in [5, 5.41) is 20.2. The number of rotatable bonds is 5. The van der Waals surface area contributed by atoms with Crippen LogP contribution in [0.3, 0.4) is 0 Å². The van der Waals surface area contributed by atoms with Gasteiger partial charge in [-0.15, -0.1) is 0 Å². The van der Waals surface area contributed by atoms with E-state index in [2.05, 4.69) is 25.9 Å². The second-order valence-electron chi connectivity index (χ2n) is 11.3. The number of hydrogen-bond donors (Lipinski definition) is 1. The van der Waals surface area contributed by atoms with Gasteiger partial charge in [-0.3, -0.25) is 9.88 Å². The zero-order valence-electron chi connectivity index (χ0n) is 22.5. The minimum Gasteiger partial charge on any atom is -0.508 e. The van der Waals surface area contributed by atoms with E-state index in [0.717, 1.165) is 37.9 Å². The fourth-order valence-corrected chi connectivity index (χ4v) is 6.86. The van der Waals surface area contributed by atoms with Gasteiger partial charge >= 0.3 is 6.01 Å². The van der Waals surface area contributed by atoms with Crippen LogP contribution in [0.4, 0.5) is 23.4 Å². The van der Waals surface area contributed by atoms with E-state index >= 15 is 4.39 Å². The van der Waals surface area contributed by atoms with Crippen molar-refractivity contribution in [1.82, 2.24) is 19.9 Å². The van der Waals surface area contributed by atoms with E-state index in [4.69, 9.17) is 4.74 Å². The van der Waals surface area contributed by atoms with Gasteiger partial charge in [0.15, 0.2) is 17.5 Å². The molecule has 3 aliphatic rings. The summed E-state index contributed by atoms with van der Waals surface area (Å²) in [5.74, 6) is -3.29. The lowest BCUT2D eigenvalue weighted by atomic mass is 9.95. The predicted molar refractivity (Wildman–Crippen MR) is 146 cm³/mol. The van der Waals surface area contributed by atoms with E-state index in [0.29, 0.717) is 25.9 Å². The standard InChI is InChI=1S/C30H26F4N6O2/c31-17-11-30(6-2-7-39(30)14-17)15-42-29-37-27-21(28(38-29)40-8-1-3-18(40)12-35)13-36-26(25(27)34)20-10-19(41)9-16-4-5-22(32)24(33)23(16)20/h4-5,9-10,13,17-18,41H,1-3,6-8,11,14-15H2/t17-,18+,30+/m1/s1. The number of nitriles is 1. The molecule has 42 heavy (non-hydrogen) atoms. The number of ether oxygens (including phenoxy) is 1. The molecule has 4 aromatic rings. The van der Waals surface area contributed by atoms with Gasteiger partial charge in [0.2, 0.25) is 0 Å². The fourth-order valence-electron chi connectivity index (χ4n) is 6.86. The number of fused-ring (bicyclic) bond motifs is 3. The molecule has 0 radical (unpaired) electrons. The summed E-state index contributed by atoms with van der Waals surface area (Å²) in [6.45, 7) is 1.71. The van der Waals surface area contributed by atoms with E-state index in [9.17, 15) is 23.5 Å². The Bertz CT molecular complexity index is 1780. The van der Waals surface area contributed by atoms with Crippen LogP contribution in [0.2, 0.25) is 0 Å². The summed E-state index contributed by atoms with van der Waals surface area (Å²) >= 11 is 0. The van der Waals surface area contributed by atoms with Crippen LogP contribution in [0.1, 0.15) is 32.1 Å². The van der Waals surface area contributed by atoms with Crippen LogP contribution in [0, 0.1) is 28.8 Å². The summed E-state index contributed by atoms with van der Waals surface area (Å²) in [4.78, 5) is 17.0. The van der Waals surface area contributed by atoms with Crippen LogP contribution >= 0.6 is 0 Å². The van der Waals surface area contributed by atoms with Crippen LogP contribution in [-0.4, -0.2) is 69.0 Å². The van der Waals surface area contributed by atoms with Crippen molar-refractivity contribution < 1.29 is 27.4 Å². The number of hydrogen-bond acceptors (Lipinski definition) is 8. The maximum atomic E-state index is 16.4. The molecule has 2 aromatic carbocycles. The van der Waals surface area contributed by atoms with Crippen LogP contribution in [-0.2, 0) is 0 Å².